The Hall–Kier alpha value is -1.65. The topological polar surface area (TPSA) is 63.8 Å². The molecule has 0 radical (unpaired) electrons. The number of aromatic nitrogens is 2. The zero-order valence-corrected chi connectivity index (χ0v) is 9.93. The zero-order chi connectivity index (χ0) is 12.1. The standard InChI is InChI=1S/C12H13ClN4/c13-9-3-1-2-4-10(9)17-12(7-14)11-5-6-15-8-16-11/h1-6,8,12,17H,7,14H2. The highest BCUT2D eigenvalue weighted by Gasteiger charge is 2.11. The molecule has 4 nitrogen and oxygen atoms in total. The van der Waals surface area contributed by atoms with Crippen molar-refractivity contribution in [2.75, 3.05) is 11.9 Å². The molecule has 0 saturated heterocycles. The van der Waals surface area contributed by atoms with Crippen molar-refractivity contribution in [3.63, 3.8) is 0 Å². The monoisotopic (exact) mass is 248 g/mol. The van der Waals surface area contributed by atoms with E-state index in [-0.39, 0.29) is 6.04 Å². The van der Waals surface area contributed by atoms with Gasteiger partial charge in [-0.3, -0.25) is 0 Å². The molecule has 5 heteroatoms. The van der Waals surface area contributed by atoms with Gasteiger partial charge >= 0.3 is 0 Å². The van der Waals surface area contributed by atoms with E-state index in [2.05, 4.69) is 15.3 Å². The van der Waals surface area contributed by atoms with Crippen molar-refractivity contribution in [2.45, 2.75) is 6.04 Å². The molecule has 88 valence electrons. The Bertz CT molecular complexity index is 475. The van der Waals surface area contributed by atoms with Crippen molar-refractivity contribution in [1.29, 1.82) is 0 Å². The summed E-state index contributed by atoms with van der Waals surface area (Å²) in [6.45, 7) is 0.433. The summed E-state index contributed by atoms with van der Waals surface area (Å²) in [7, 11) is 0. The lowest BCUT2D eigenvalue weighted by Crippen LogP contribution is -2.21. The minimum absolute atomic E-state index is 0.0714. The van der Waals surface area contributed by atoms with Gasteiger partial charge in [0.1, 0.15) is 6.33 Å². The van der Waals surface area contributed by atoms with E-state index in [1.165, 1.54) is 6.33 Å². The van der Waals surface area contributed by atoms with Gasteiger partial charge in [-0.15, -0.1) is 0 Å². The lowest BCUT2D eigenvalue weighted by molar-refractivity contribution is 0.755. The first kappa shape index (κ1) is 11.8. The normalized spacial score (nSPS) is 12.1. The molecule has 0 saturated carbocycles. The number of benzene rings is 1. The number of hydrogen-bond acceptors (Lipinski definition) is 4. The number of hydrogen-bond donors (Lipinski definition) is 2. The minimum Gasteiger partial charge on any atom is -0.374 e. The number of nitrogens with one attached hydrogen (secondary N) is 1. The van der Waals surface area contributed by atoms with Crippen LogP contribution in [0.1, 0.15) is 11.7 Å². The van der Waals surface area contributed by atoms with E-state index >= 15 is 0 Å². The second-order valence-electron chi connectivity index (χ2n) is 3.55. The first-order chi connectivity index (χ1) is 8.31. The van der Waals surface area contributed by atoms with Gasteiger partial charge in [0, 0.05) is 12.7 Å². The van der Waals surface area contributed by atoms with E-state index in [0.717, 1.165) is 11.4 Å². The SMILES string of the molecule is NCC(Nc1ccccc1Cl)c1ccncn1. The highest BCUT2D eigenvalue weighted by Crippen LogP contribution is 2.24. The molecule has 0 spiro atoms. The smallest absolute Gasteiger partial charge is 0.115 e. The number of anilines is 1. The van der Waals surface area contributed by atoms with Gasteiger partial charge in [0.05, 0.1) is 22.4 Å². The van der Waals surface area contributed by atoms with Crippen molar-refractivity contribution in [1.82, 2.24) is 9.97 Å². The number of halogens is 1. The molecule has 1 unspecified atom stereocenters. The summed E-state index contributed by atoms with van der Waals surface area (Å²) in [6, 6.07) is 9.31. The Labute approximate surface area is 105 Å². The van der Waals surface area contributed by atoms with Gasteiger partial charge in [0.15, 0.2) is 0 Å². The Morgan fingerprint density at radius 2 is 2.12 bits per heavy atom. The summed E-state index contributed by atoms with van der Waals surface area (Å²) in [5.74, 6) is 0. The summed E-state index contributed by atoms with van der Waals surface area (Å²) in [5, 5.41) is 3.93. The first-order valence-corrected chi connectivity index (χ1v) is 5.66. The van der Waals surface area contributed by atoms with Gasteiger partial charge in [-0.05, 0) is 18.2 Å². The largest absolute Gasteiger partial charge is 0.374 e. The maximum Gasteiger partial charge on any atom is 0.115 e. The Morgan fingerprint density at radius 1 is 1.29 bits per heavy atom. The van der Waals surface area contributed by atoms with Gasteiger partial charge in [0.25, 0.3) is 0 Å². The fourth-order valence-corrected chi connectivity index (χ4v) is 1.72. The summed E-state index contributed by atoms with van der Waals surface area (Å²) in [4.78, 5) is 8.06. The molecule has 17 heavy (non-hydrogen) atoms. The lowest BCUT2D eigenvalue weighted by atomic mass is 10.2. The van der Waals surface area contributed by atoms with Crippen LogP contribution in [0.25, 0.3) is 0 Å². The van der Waals surface area contributed by atoms with Crippen LogP contribution in [-0.4, -0.2) is 16.5 Å². The van der Waals surface area contributed by atoms with Crippen molar-refractivity contribution >= 4 is 17.3 Å². The average molecular weight is 249 g/mol. The summed E-state index contributed by atoms with van der Waals surface area (Å²) < 4.78 is 0. The van der Waals surface area contributed by atoms with Gasteiger partial charge in [0.2, 0.25) is 0 Å². The molecule has 1 aromatic heterocycles. The van der Waals surface area contributed by atoms with Crippen molar-refractivity contribution in [3.05, 3.63) is 53.6 Å². The summed E-state index contributed by atoms with van der Waals surface area (Å²) in [6.07, 6.45) is 3.20. The van der Waals surface area contributed by atoms with Crippen LogP contribution in [0, 0.1) is 0 Å². The van der Waals surface area contributed by atoms with Gasteiger partial charge < -0.3 is 11.1 Å². The molecule has 1 aromatic carbocycles. The van der Waals surface area contributed by atoms with Crippen LogP contribution in [-0.2, 0) is 0 Å². The number of nitrogens with two attached hydrogens (primary N) is 1. The van der Waals surface area contributed by atoms with Crippen LogP contribution in [0.2, 0.25) is 5.02 Å². The number of rotatable bonds is 4. The van der Waals surface area contributed by atoms with Crippen LogP contribution in [0.3, 0.4) is 0 Å². The number of para-hydroxylation sites is 1. The number of nitrogens with zero attached hydrogens (tertiary/aromatic N) is 2. The average Bonchev–Trinajstić information content (AvgIpc) is 2.39. The molecule has 0 bridgehead atoms. The summed E-state index contributed by atoms with van der Waals surface area (Å²) >= 11 is 6.08. The van der Waals surface area contributed by atoms with Gasteiger partial charge in [-0.2, -0.15) is 0 Å². The van der Waals surface area contributed by atoms with E-state index < -0.39 is 0 Å². The Kier molecular flexibility index (Phi) is 3.90. The molecule has 1 atom stereocenters. The third-order valence-corrected chi connectivity index (χ3v) is 2.73. The minimum atomic E-state index is -0.0714. The van der Waals surface area contributed by atoms with Crippen molar-refractivity contribution < 1.29 is 0 Å². The van der Waals surface area contributed by atoms with Crippen LogP contribution in [0.15, 0.2) is 42.9 Å². The van der Waals surface area contributed by atoms with E-state index in [1.807, 2.05) is 30.3 Å². The molecule has 3 N–H and O–H groups in total. The molecule has 0 amide bonds. The highest BCUT2D eigenvalue weighted by molar-refractivity contribution is 6.33. The molecule has 1 heterocycles. The van der Waals surface area contributed by atoms with E-state index in [0.29, 0.717) is 11.6 Å². The van der Waals surface area contributed by atoms with Gasteiger partial charge in [-0.1, -0.05) is 23.7 Å². The molecule has 0 aliphatic carbocycles. The predicted molar refractivity (Wildman–Crippen MR) is 68.9 cm³/mol. The van der Waals surface area contributed by atoms with Gasteiger partial charge in [-0.25, -0.2) is 9.97 Å². The third kappa shape index (κ3) is 2.93. The van der Waals surface area contributed by atoms with Crippen molar-refractivity contribution in [2.24, 2.45) is 5.73 Å². The second-order valence-corrected chi connectivity index (χ2v) is 3.95. The fourth-order valence-electron chi connectivity index (χ4n) is 1.53. The quantitative estimate of drug-likeness (QED) is 0.871. The maximum absolute atomic E-state index is 6.08. The maximum atomic E-state index is 6.08. The fraction of sp³-hybridized carbons (Fsp3) is 0.167. The Balaban J connectivity index is 2.19. The lowest BCUT2D eigenvalue weighted by Gasteiger charge is -2.18. The van der Waals surface area contributed by atoms with E-state index in [9.17, 15) is 0 Å². The molecular weight excluding hydrogens is 236 g/mol. The highest BCUT2D eigenvalue weighted by atomic mass is 35.5. The van der Waals surface area contributed by atoms with Crippen molar-refractivity contribution in [3.8, 4) is 0 Å². The molecule has 2 aromatic rings. The molecule has 0 aliphatic heterocycles. The third-order valence-electron chi connectivity index (χ3n) is 2.40. The van der Waals surface area contributed by atoms with Crippen LogP contribution < -0.4 is 11.1 Å². The Morgan fingerprint density at radius 3 is 2.76 bits per heavy atom. The molecular formula is C12H13ClN4. The molecule has 0 aliphatic rings. The van der Waals surface area contributed by atoms with E-state index in [1.54, 1.807) is 6.20 Å². The second kappa shape index (κ2) is 5.61. The molecule has 0 fully saturated rings. The summed E-state index contributed by atoms with van der Waals surface area (Å²) in [5.41, 5.74) is 7.44. The zero-order valence-electron chi connectivity index (χ0n) is 9.18. The van der Waals surface area contributed by atoms with Crippen LogP contribution in [0.4, 0.5) is 5.69 Å². The predicted octanol–water partition coefficient (Wildman–Crippen LogP) is 2.24. The molecule has 2 rings (SSSR count). The van der Waals surface area contributed by atoms with E-state index in [4.69, 9.17) is 17.3 Å². The van der Waals surface area contributed by atoms with Crippen LogP contribution in [0.5, 0.6) is 0 Å². The van der Waals surface area contributed by atoms with Crippen LogP contribution >= 0.6 is 11.6 Å². The first-order valence-electron chi connectivity index (χ1n) is 5.28.